The molecule has 1 aliphatic heterocycles. The lowest BCUT2D eigenvalue weighted by atomic mass is 9.89. The van der Waals surface area contributed by atoms with Crippen LogP contribution in [0.15, 0.2) is 103 Å². The molecule has 8 rings (SSSR count). The molecule has 2 amide bonds. The van der Waals surface area contributed by atoms with Crippen molar-refractivity contribution in [2.24, 2.45) is 5.84 Å². The van der Waals surface area contributed by atoms with E-state index in [0.29, 0.717) is 21.5 Å². The number of benzene rings is 6. The Morgan fingerprint density at radius 2 is 1.13 bits per heavy atom. The Bertz CT molecular complexity index is 2080. The number of hydrazine groups is 1. The second kappa shape index (κ2) is 7.84. The molecule has 0 atom stereocenters. The minimum Gasteiger partial charge on any atom is -0.337 e. The first kappa shape index (κ1) is 21.7. The molecule has 0 bridgehead atoms. The standard InChI is InChI=1S/C33H20N4O2/c34-37-32(38)26-11-5-10-23-20(16-17-27(28(23)26)33(37)39)18-12-14-19(15-13-18)31-35-29-24-8-3-1-6-21(24)22-7-2-4-9-25(22)30(29)36-31/h1-17H,34H2,(H,35,36). The van der Waals surface area contributed by atoms with Crippen LogP contribution >= 0.6 is 0 Å². The number of amides is 2. The number of rotatable bonds is 2. The predicted octanol–water partition coefficient (Wildman–Crippen LogP) is 6.83. The highest BCUT2D eigenvalue weighted by molar-refractivity contribution is 6.27. The maximum absolute atomic E-state index is 12.7. The van der Waals surface area contributed by atoms with Crippen LogP contribution < -0.4 is 5.84 Å². The normalized spacial score (nSPS) is 13.3. The van der Waals surface area contributed by atoms with Crippen LogP contribution in [0.1, 0.15) is 20.7 Å². The summed E-state index contributed by atoms with van der Waals surface area (Å²) >= 11 is 0. The number of fused-ring (bicyclic) bond motifs is 6. The summed E-state index contributed by atoms with van der Waals surface area (Å²) in [6.45, 7) is 0. The van der Waals surface area contributed by atoms with E-state index in [1.807, 2.05) is 48.5 Å². The van der Waals surface area contributed by atoms with Gasteiger partial charge in [0.05, 0.1) is 22.2 Å². The van der Waals surface area contributed by atoms with Crippen molar-refractivity contribution in [2.75, 3.05) is 0 Å². The summed E-state index contributed by atoms with van der Waals surface area (Å²) < 4.78 is 0. The van der Waals surface area contributed by atoms with Crippen molar-refractivity contribution in [3.8, 4) is 22.5 Å². The summed E-state index contributed by atoms with van der Waals surface area (Å²) in [4.78, 5) is 33.9. The lowest BCUT2D eigenvalue weighted by Crippen LogP contribution is -2.45. The van der Waals surface area contributed by atoms with E-state index in [-0.39, 0.29) is 0 Å². The zero-order valence-corrected chi connectivity index (χ0v) is 20.6. The van der Waals surface area contributed by atoms with E-state index >= 15 is 0 Å². The quantitative estimate of drug-likeness (QED) is 0.117. The van der Waals surface area contributed by atoms with Crippen LogP contribution in [-0.2, 0) is 0 Å². The summed E-state index contributed by atoms with van der Waals surface area (Å²) in [5.74, 6) is 5.57. The zero-order chi connectivity index (χ0) is 26.2. The van der Waals surface area contributed by atoms with Crippen molar-refractivity contribution < 1.29 is 9.59 Å². The molecular formula is C33H20N4O2. The molecule has 0 spiro atoms. The highest BCUT2D eigenvalue weighted by Gasteiger charge is 2.31. The Morgan fingerprint density at radius 3 is 1.87 bits per heavy atom. The Labute approximate surface area is 222 Å². The first-order valence-corrected chi connectivity index (χ1v) is 12.7. The number of imide groups is 1. The van der Waals surface area contributed by atoms with Crippen LogP contribution in [0.25, 0.3) is 65.9 Å². The molecule has 1 aliphatic rings. The number of nitrogens with zero attached hydrogens (tertiary/aromatic N) is 2. The monoisotopic (exact) mass is 504 g/mol. The molecule has 6 aromatic carbocycles. The second-order valence-electron chi connectivity index (χ2n) is 9.85. The predicted molar refractivity (Wildman–Crippen MR) is 154 cm³/mol. The third-order valence-corrected chi connectivity index (χ3v) is 7.78. The molecule has 6 heteroatoms. The van der Waals surface area contributed by atoms with Gasteiger partial charge in [-0.25, -0.2) is 15.8 Å². The van der Waals surface area contributed by atoms with E-state index in [2.05, 4.69) is 47.4 Å². The van der Waals surface area contributed by atoms with Gasteiger partial charge in [0.2, 0.25) is 0 Å². The number of aromatic nitrogens is 2. The van der Waals surface area contributed by atoms with Crippen LogP contribution in [0.2, 0.25) is 0 Å². The summed E-state index contributed by atoms with van der Waals surface area (Å²) in [5, 5.41) is 6.82. The fourth-order valence-corrected chi connectivity index (χ4v) is 5.93. The van der Waals surface area contributed by atoms with Crippen molar-refractivity contribution in [1.82, 2.24) is 15.0 Å². The smallest absolute Gasteiger partial charge is 0.275 e. The summed E-state index contributed by atoms with van der Waals surface area (Å²) in [5.41, 5.74) is 5.73. The molecule has 2 heterocycles. The molecule has 39 heavy (non-hydrogen) atoms. The molecular weight excluding hydrogens is 484 g/mol. The van der Waals surface area contributed by atoms with Crippen LogP contribution in [-0.4, -0.2) is 26.8 Å². The molecule has 0 unspecified atom stereocenters. The van der Waals surface area contributed by atoms with Crippen LogP contribution in [0.3, 0.4) is 0 Å². The molecule has 0 fully saturated rings. The van der Waals surface area contributed by atoms with E-state index < -0.39 is 11.8 Å². The van der Waals surface area contributed by atoms with Gasteiger partial charge in [-0.15, -0.1) is 0 Å². The lowest BCUT2D eigenvalue weighted by molar-refractivity contribution is 0.0610. The number of carbonyl (C=O) groups excluding carboxylic acids is 2. The largest absolute Gasteiger partial charge is 0.337 e. The number of hydrogen-bond donors (Lipinski definition) is 2. The van der Waals surface area contributed by atoms with Crippen molar-refractivity contribution in [1.29, 1.82) is 0 Å². The zero-order valence-electron chi connectivity index (χ0n) is 20.6. The van der Waals surface area contributed by atoms with Gasteiger partial charge in [-0.3, -0.25) is 9.59 Å². The number of carbonyl (C=O) groups is 2. The van der Waals surface area contributed by atoms with Gasteiger partial charge in [0.25, 0.3) is 11.8 Å². The van der Waals surface area contributed by atoms with Crippen LogP contribution in [0, 0.1) is 0 Å². The van der Waals surface area contributed by atoms with Crippen molar-refractivity contribution in [3.63, 3.8) is 0 Å². The van der Waals surface area contributed by atoms with Gasteiger partial charge in [-0.1, -0.05) is 91.0 Å². The van der Waals surface area contributed by atoms with Gasteiger partial charge < -0.3 is 4.98 Å². The Morgan fingerprint density at radius 1 is 0.564 bits per heavy atom. The summed E-state index contributed by atoms with van der Waals surface area (Å²) in [6.07, 6.45) is 0. The van der Waals surface area contributed by atoms with Crippen molar-refractivity contribution in [2.45, 2.75) is 0 Å². The maximum Gasteiger partial charge on any atom is 0.275 e. The van der Waals surface area contributed by atoms with Gasteiger partial charge >= 0.3 is 0 Å². The molecule has 0 saturated heterocycles. The van der Waals surface area contributed by atoms with E-state index in [1.54, 1.807) is 12.1 Å². The average molecular weight is 505 g/mol. The third-order valence-electron chi connectivity index (χ3n) is 7.78. The fraction of sp³-hybridized carbons (Fsp3) is 0. The van der Waals surface area contributed by atoms with Crippen molar-refractivity contribution >= 4 is 55.2 Å². The number of imidazole rings is 1. The number of H-pyrrole nitrogens is 1. The molecule has 0 saturated carbocycles. The summed E-state index contributed by atoms with van der Waals surface area (Å²) in [6, 6.07) is 34.1. The second-order valence-corrected chi connectivity index (χ2v) is 9.85. The highest BCUT2D eigenvalue weighted by atomic mass is 16.2. The summed E-state index contributed by atoms with van der Waals surface area (Å²) in [7, 11) is 0. The molecule has 184 valence electrons. The highest BCUT2D eigenvalue weighted by Crippen LogP contribution is 2.38. The number of nitrogens with two attached hydrogens (primary N) is 1. The lowest BCUT2D eigenvalue weighted by Gasteiger charge is -2.24. The molecule has 3 N–H and O–H groups in total. The number of nitrogens with one attached hydrogen (secondary N) is 1. The molecule has 0 radical (unpaired) electrons. The number of hydrogen-bond acceptors (Lipinski definition) is 4. The van der Waals surface area contributed by atoms with E-state index in [0.717, 1.165) is 49.7 Å². The fourth-order valence-electron chi connectivity index (χ4n) is 5.93. The Balaban J connectivity index is 1.27. The van der Waals surface area contributed by atoms with Gasteiger partial charge in [0, 0.05) is 21.7 Å². The minimum atomic E-state index is -0.490. The van der Waals surface area contributed by atoms with Gasteiger partial charge in [-0.05, 0) is 39.4 Å². The van der Waals surface area contributed by atoms with Gasteiger partial charge in [0.15, 0.2) is 0 Å². The topological polar surface area (TPSA) is 92.1 Å². The Hall–Kier alpha value is -5.33. The number of aromatic amines is 1. The van der Waals surface area contributed by atoms with E-state index in [9.17, 15) is 9.59 Å². The molecule has 0 aliphatic carbocycles. The van der Waals surface area contributed by atoms with E-state index in [4.69, 9.17) is 10.8 Å². The molecule has 1 aromatic heterocycles. The minimum absolute atomic E-state index is 0.435. The first-order valence-electron chi connectivity index (χ1n) is 12.7. The van der Waals surface area contributed by atoms with Crippen LogP contribution in [0.4, 0.5) is 0 Å². The SMILES string of the molecule is NN1C(=O)c2cccc3c(-c4ccc(-c5nc6c7ccccc7c7ccccc7c6[nH]5)cc4)ccc(c23)C1=O. The van der Waals surface area contributed by atoms with Gasteiger partial charge in [0.1, 0.15) is 5.82 Å². The average Bonchev–Trinajstić information content (AvgIpc) is 3.45. The molecule has 7 aromatic rings. The third kappa shape index (κ3) is 2.97. The van der Waals surface area contributed by atoms with E-state index in [1.165, 1.54) is 10.8 Å². The van der Waals surface area contributed by atoms with Crippen molar-refractivity contribution in [3.05, 3.63) is 114 Å². The van der Waals surface area contributed by atoms with Gasteiger partial charge in [-0.2, -0.15) is 0 Å². The molecule has 6 nitrogen and oxygen atoms in total. The Kier molecular flexibility index (Phi) is 4.36. The first-order chi connectivity index (χ1) is 19.1. The van der Waals surface area contributed by atoms with Crippen LogP contribution in [0.5, 0.6) is 0 Å². The maximum atomic E-state index is 12.7.